The fourth-order valence-corrected chi connectivity index (χ4v) is 4.02. The van der Waals surface area contributed by atoms with E-state index in [9.17, 15) is 0 Å². The molecule has 0 bridgehead atoms. The predicted octanol–water partition coefficient (Wildman–Crippen LogP) is 3.55. The normalized spacial score (nSPS) is 18.5. The number of aliphatic imine (C=N–C) groups is 1. The molecule has 2 N–H and O–H groups in total. The first-order valence-electron chi connectivity index (χ1n) is 11.7. The zero-order valence-electron chi connectivity index (χ0n) is 18.5. The van der Waals surface area contributed by atoms with Crippen LogP contribution in [0.1, 0.15) is 50.5 Å². The first-order valence-corrected chi connectivity index (χ1v) is 11.7. The van der Waals surface area contributed by atoms with Crippen molar-refractivity contribution in [3.63, 3.8) is 0 Å². The van der Waals surface area contributed by atoms with E-state index >= 15 is 0 Å². The molecule has 1 aromatic rings. The van der Waals surface area contributed by atoms with E-state index in [0.29, 0.717) is 12.0 Å². The second kappa shape index (κ2) is 13.5. The van der Waals surface area contributed by atoms with Gasteiger partial charge in [-0.05, 0) is 75.0 Å². The van der Waals surface area contributed by atoms with Crippen molar-refractivity contribution < 1.29 is 14.2 Å². The van der Waals surface area contributed by atoms with Gasteiger partial charge in [-0.3, -0.25) is 4.99 Å². The lowest BCUT2D eigenvalue weighted by Gasteiger charge is -2.21. The van der Waals surface area contributed by atoms with E-state index in [1.54, 1.807) is 0 Å². The number of ether oxygens (including phenoxy) is 3. The summed E-state index contributed by atoms with van der Waals surface area (Å²) in [6, 6.07) is 8.53. The number of nitrogens with zero attached hydrogens (tertiary/aromatic N) is 1. The lowest BCUT2D eigenvalue weighted by Crippen LogP contribution is -2.39. The zero-order valence-corrected chi connectivity index (χ0v) is 18.5. The van der Waals surface area contributed by atoms with Gasteiger partial charge in [0.2, 0.25) is 0 Å². The third-order valence-corrected chi connectivity index (χ3v) is 5.91. The van der Waals surface area contributed by atoms with E-state index in [0.717, 1.165) is 76.9 Å². The molecule has 1 saturated carbocycles. The third-order valence-electron chi connectivity index (χ3n) is 5.91. The van der Waals surface area contributed by atoms with Crippen molar-refractivity contribution >= 4 is 5.96 Å². The molecule has 6 heteroatoms. The molecule has 1 aliphatic carbocycles. The Morgan fingerprint density at radius 3 is 2.50 bits per heavy atom. The summed E-state index contributed by atoms with van der Waals surface area (Å²) in [7, 11) is 1.81. The molecule has 0 aromatic heterocycles. The van der Waals surface area contributed by atoms with Crippen molar-refractivity contribution in [1.82, 2.24) is 10.6 Å². The van der Waals surface area contributed by atoms with Gasteiger partial charge < -0.3 is 24.8 Å². The van der Waals surface area contributed by atoms with Crippen LogP contribution < -0.4 is 15.4 Å². The lowest BCUT2D eigenvalue weighted by molar-refractivity contribution is 0.0203. The average Bonchev–Trinajstić information content (AvgIpc) is 3.30. The molecule has 3 rings (SSSR count). The van der Waals surface area contributed by atoms with Crippen LogP contribution >= 0.6 is 0 Å². The highest BCUT2D eigenvalue weighted by Crippen LogP contribution is 2.24. The molecule has 0 atom stereocenters. The minimum atomic E-state index is 0.416. The first kappa shape index (κ1) is 22.9. The third kappa shape index (κ3) is 8.52. The Balaban J connectivity index is 1.22. The van der Waals surface area contributed by atoms with Crippen molar-refractivity contribution in [3.8, 4) is 5.75 Å². The number of hydrogen-bond donors (Lipinski definition) is 2. The van der Waals surface area contributed by atoms with Crippen LogP contribution in [0.5, 0.6) is 5.75 Å². The second-order valence-electron chi connectivity index (χ2n) is 8.33. The Hall–Kier alpha value is -1.79. The SMILES string of the molecule is CN=C(NCCCOCC1CCOCC1)NCCc1ccc(OC2CCCC2)cc1. The van der Waals surface area contributed by atoms with Crippen molar-refractivity contribution in [2.75, 3.05) is 46.6 Å². The molecular formula is C24H39N3O3. The van der Waals surface area contributed by atoms with Crippen LogP contribution in [0, 0.1) is 5.92 Å². The molecule has 1 saturated heterocycles. The topological polar surface area (TPSA) is 64.1 Å². The quantitative estimate of drug-likeness (QED) is 0.328. The van der Waals surface area contributed by atoms with Crippen molar-refractivity contribution in [3.05, 3.63) is 29.8 Å². The largest absolute Gasteiger partial charge is 0.490 e. The van der Waals surface area contributed by atoms with Crippen LogP contribution in [0.4, 0.5) is 0 Å². The summed E-state index contributed by atoms with van der Waals surface area (Å²) in [4.78, 5) is 4.30. The van der Waals surface area contributed by atoms with Crippen LogP contribution in [0.15, 0.2) is 29.3 Å². The van der Waals surface area contributed by atoms with Gasteiger partial charge in [0, 0.05) is 46.6 Å². The van der Waals surface area contributed by atoms with Gasteiger partial charge in [0.05, 0.1) is 6.10 Å². The van der Waals surface area contributed by atoms with Gasteiger partial charge in [-0.15, -0.1) is 0 Å². The molecule has 0 amide bonds. The van der Waals surface area contributed by atoms with E-state index in [1.807, 2.05) is 7.05 Å². The van der Waals surface area contributed by atoms with Gasteiger partial charge in [0.1, 0.15) is 5.75 Å². The van der Waals surface area contributed by atoms with E-state index in [2.05, 4.69) is 39.9 Å². The summed E-state index contributed by atoms with van der Waals surface area (Å²) in [6.07, 6.45) is 9.60. The maximum absolute atomic E-state index is 6.04. The molecule has 0 radical (unpaired) electrons. The summed E-state index contributed by atoms with van der Waals surface area (Å²) >= 11 is 0. The number of nitrogens with one attached hydrogen (secondary N) is 2. The lowest BCUT2D eigenvalue weighted by atomic mass is 10.0. The highest BCUT2D eigenvalue weighted by atomic mass is 16.5. The van der Waals surface area contributed by atoms with Gasteiger partial charge in [-0.25, -0.2) is 0 Å². The van der Waals surface area contributed by atoms with E-state index < -0.39 is 0 Å². The minimum Gasteiger partial charge on any atom is -0.490 e. The zero-order chi connectivity index (χ0) is 20.9. The van der Waals surface area contributed by atoms with Crippen LogP contribution in [0.2, 0.25) is 0 Å². The van der Waals surface area contributed by atoms with Crippen LogP contribution in [-0.2, 0) is 15.9 Å². The summed E-state index contributed by atoms with van der Waals surface area (Å²) in [5, 5.41) is 6.75. The van der Waals surface area contributed by atoms with Crippen LogP contribution in [0.25, 0.3) is 0 Å². The number of hydrogen-bond acceptors (Lipinski definition) is 4. The fraction of sp³-hybridized carbons (Fsp3) is 0.708. The second-order valence-corrected chi connectivity index (χ2v) is 8.33. The van der Waals surface area contributed by atoms with Crippen LogP contribution in [-0.4, -0.2) is 58.6 Å². The van der Waals surface area contributed by atoms with Crippen molar-refractivity contribution in [2.45, 2.75) is 57.5 Å². The maximum atomic E-state index is 6.04. The molecule has 2 fully saturated rings. The molecular weight excluding hydrogens is 378 g/mol. The van der Waals surface area contributed by atoms with Gasteiger partial charge in [0.25, 0.3) is 0 Å². The summed E-state index contributed by atoms with van der Waals surface area (Å²) in [5.41, 5.74) is 1.30. The van der Waals surface area contributed by atoms with E-state index in [4.69, 9.17) is 14.2 Å². The molecule has 30 heavy (non-hydrogen) atoms. The number of rotatable bonds is 11. The molecule has 6 nitrogen and oxygen atoms in total. The molecule has 0 spiro atoms. The summed E-state index contributed by atoms with van der Waals surface area (Å²) < 4.78 is 17.2. The van der Waals surface area contributed by atoms with Crippen molar-refractivity contribution in [1.29, 1.82) is 0 Å². The molecule has 0 unspecified atom stereocenters. The monoisotopic (exact) mass is 417 g/mol. The number of guanidine groups is 1. The molecule has 2 aliphatic rings. The highest BCUT2D eigenvalue weighted by molar-refractivity contribution is 5.79. The number of benzene rings is 1. The molecule has 168 valence electrons. The Morgan fingerprint density at radius 2 is 1.77 bits per heavy atom. The maximum Gasteiger partial charge on any atom is 0.190 e. The van der Waals surface area contributed by atoms with E-state index in [-0.39, 0.29) is 0 Å². The van der Waals surface area contributed by atoms with Gasteiger partial charge in [-0.2, -0.15) is 0 Å². The Bertz CT molecular complexity index is 609. The first-order chi connectivity index (χ1) is 14.8. The summed E-state index contributed by atoms with van der Waals surface area (Å²) in [5.74, 6) is 2.51. The van der Waals surface area contributed by atoms with E-state index in [1.165, 1.54) is 31.2 Å². The fourth-order valence-electron chi connectivity index (χ4n) is 4.02. The standard InChI is InChI=1S/C24H39N3O3/c1-25-24(26-14-4-16-29-19-21-12-17-28-18-13-21)27-15-11-20-7-9-23(10-8-20)30-22-5-2-3-6-22/h7-10,21-22H,2-6,11-19H2,1H3,(H2,25,26,27). The predicted molar refractivity (Wildman–Crippen MR) is 121 cm³/mol. The summed E-state index contributed by atoms with van der Waals surface area (Å²) in [6.45, 7) is 5.13. The van der Waals surface area contributed by atoms with Crippen LogP contribution in [0.3, 0.4) is 0 Å². The van der Waals surface area contributed by atoms with Gasteiger partial charge in [-0.1, -0.05) is 12.1 Å². The molecule has 1 aliphatic heterocycles. The Kier molecular flexibility index (Phi) is 10.3. The minimum absolute atomic E-state index is 0.416. The smallest absolute Gasteiger partial charge is 0.190 e. The van der Waals surface area contributed by atoms with Gasteiger partial charge in [0.15, 0.2) is 5.96 Å². The Labute approximate surface area is 181 Å². The highest BCUT2D eigenvalue weighted by Gasteiger charge is 2.16. The molecule has 1 aromatic carbocycles. The van der Waals surface area contributed by atoms with Crippen molar-refractivity contribution in [2.24, 2.45) is 10.9 Å². The van der Waals surface area contributed by atoms with Gasteiger partial charge >= 0.3 is 0 Å². The molecule has 1 heterocycles. The Morgan fingerprint density at radius 1 is 1.03 bits per heavy atom. The average molecular weight is 418 g/mol.